The summed E-state index contributed by atoms with van der Waals surface area (Å²) in [5.74, 6) is 0.911. The highest BCUT2D eigenvalue weighted by molar-refractivity contribution is 7.89. The summed E-state index contributed by atoms with van der Waals surface area (Å²) in [4.78, 5) is 13.3. The van der Waals surface area contributed by atoms with Gasteiger partial charge in [-0.15, -0.1) is 0 Å². The smallest absolute Gasteiger partial charge is 0.417 e. The summed E-state index contributed by atoms with van der Waals surface area (Å²) in [6, 6.07) is 5.96. The van der Waals surface area contributed by atoms with Crippen LogP contribution in [0.5, 0.6) is 0 Å². The van der Waals surface area contributed by atoms with Gasteiger partial charge in [0.1, 0.15) is 11.5 Å². The zero-order chi connectivity index (χ0) is 22.1. The molecular weight excluding hydrogens is 445 g/mol. The Hall–Kier alpha value is -2.30. The Balaban J connectivity index is 1.68. The van der Waals surface area contributed by atoms with Crippen LogP contribution in [0, 0.1) is 6.92 Å². The lowest BCUT2D eigenvalue weighted by Gasteiger charge is -2.33. The third kappa shape index (κ3) is 4.88. The van der Waals surface area contributed by atoms with E-state index in [9.17, 15) is 26.4 Å². The number of furan rings is 1. The van der Waals surface area contributed by atoms with Crippen molar-refractivity contribution in [1.29, 1.82) is 0 Å². The first-order chi connectivity index (χ1) is 14.0. The summed E-state index contributed by atoms with van der Waals surface area (Å²) < 4.78 is 71.0. The summed E-state index contributed by atoms with van der Waals surface area (Å²) in [7, 11) is -4.16. The first-order valence-electron chi connectivity index (χ1n) is 8.89. The summed E-state index contributed by atoms with van der Waals surface area (Å²) in [6.45, 7) is 1.92. The van der Waals surface area contributed by atoms with Gasteiger partial charge in [0.05, 0.1) is 15.5 Å². The van der Waals surface area contributed by atoms with Crippen LogP contribution in [0.25, 0.3) is 6.08 Å². The van der Waals surface area contributed by atoms with Crippen LogP contribution >= 0.6 is 11.6 Å². The molecule has 1 aromatic heterocycles. The number of hydrogen-bond donors (Lipinski definition) is 0. The molecule has 0 aliphatic carbocycles. The fraction of sp³-hybridized carbons (Fsp3) is 0.316. The number of piperazine rings is 1. The Morgan fingerprint density at radius 2 is 1.80 bits per heavy atom. The van der Waals surface area contributed by atoms with E-state index in [1.165, 1.54) is 17.1 Å². The van der Waals surface area contributed by atoms with E-state index in [-0.39, 0.29) is 32.1 Å². The van der Waals surface area contributed by atoms with Gasteiger partial charge in [0, 0.05) is 32.3 Å². The zero-order valence-electron chi connectivity index (χ0n) is 15.8. The molecular formula is C19H18ClF3N2O4S. The predicted octanol–water partition coefficient (Wildman–Crippen LogP) is 3.81. The molecule has 0 bridgehead atoms. The maximum Gasteiger partial charge on any atom is 0.417 e. The van der Waals surface area contributed by atoms with Crippen molar-refractivity contribution in [2.45, 2.75) is 18.0 Å². The van der Waals surface area contributed by atoms with Crippen molar-refractivity contribution < 1.29 is 30.8 Å². The second-order valence-corrected chi connectivity index (χ2v) is 9.00. The third-order valence-electron chi connectivity index (χ3n) is 4.58. The van der Waals surface area contributed by atoms with Crippen LogP contribution < -0.4 is 0 Å². The molecule has 0 unspecified atom stereocenters. The summed E-state index contributed by atoms with van der Waals surface area (Å²) >= 11 is 5.56. The first-order valence-corrected chi connectivity index (χ1v) is 10.7. The number of rotatable bonds is 4. The number of alkyl halides is 3. The van der Waals surface area contributed by atoms with Crippen molar-refractivity contribution in [3.8, 4) is 0 Å². The van der Waals surface area contributed by atoms with E-state index in [1.807, 2.05) is 0 Å². The van der Waals surface area contributed by atoms with Crippen molar-refractivity contribution in [3.63, 3.8) is 0 Å². The van der Waals surface area contributed by atoms with E-state index in [2.05, 4.69) is 0 Å². The molecule has 11 heteroatoms. The lowest BCUT2D eigenvalue weighted by atomic mass is 10.2. The second-order valence-electron chi connectivity index (χ2n) is 6.65. The largest absolute Gasteiger partial charge is 0.462 e. The number of hydrogen-bond acceptors (Lipinski definition) is 4. The Morgan fingerprint density at radius 1 is 1.13 bits per heavy atom. The van der Waals surface area contributed by atoms with Crippen LogP contribution in [-0.2, 0) is 21.0 Å². The number of carbonyl (C=O) groups excluding carboxylic acids is 1. The van der Waals surface area contributed by atoms with Crippen LogP contribution in [-0.4, -0.2) is 49.7 Å². The lowest BCUT2D eigenvalue weighted by molar-refractivity contribution is -0.137. The fourth-order valence-corrected chi connectivity index (χ4v) is 4.66. The maximum atomic E-state index is 13.0. The molecule has 0 spiro atoms. The van der Waals surface area contributed by atoms with Gasteiger partial charge in [-0.05, 0) is 43.3 Å². The molecule has 1 saturated heterocycles. The normalized spacial score (nSPS) is 16.4. The SMILES string of the molecule is Cc1ccc(/C=C/C(=O)N2CCN(S(=O)(=O)c3ccc(Cl)c(C(F)(F)F)c3)CC2)o1. The summed E-state index contributed by atoms with van der Waals surface area (Å²) in [5.41, 5.74) is -1.21. The van der Waals surface area contributed by atoms with E-state index >= 15 is 0 Å². The Morgan fingerprint density at radius 3 is 2.37 bits per heavy atom. The van der Waals surface area contributed by atoms with Gasteiger partial charge in [-0.1, -0.05) is 11.6 Å². The Bertz CT molecular complexity index is 1070. The first kappa shape index (κ1) is 22.4. The molecule has 1 aromatic carbocycles. The van der Waals surface area contributed by atoms with Crippen molar-refractivity contribution in [3.05, 3.63) is 58.5 Å². The molecule has 1 aliphatic heterocycles. The van der Waals surface area contributed by atoms with Gasteiger partial charge in [-0.25, -0.2) is 8.42 Å². The zero-order valence-corrected chi connectivity index (χ0v) is 17.4. The van der Waals surface area contributed by atoms with Crippen LogP contribution in [0.3, 0.4) is 0 Å². The van der Waals surface area contributed by atoms with Gasteiger partial charge >= 0.3 is 6.18 Å². The topological polar surface area (TPSA) is 70.8 Å². The molecule has 0 N–H and O–H groups in total. The van der Waals surface area contributed by atoms with E-state index < -0.39 is 31.7 Å². The number of aryl methyl sites for hydroxylation is 1. The van der Waals surface area contributed by atoms with E-state index in [0.717, 1.165) is 16.4 Å². The molecule has 1 fully saturated rings. The third-order valence-corrected chi connectivity index (χ3v) is 6.81. The Kier molecular flexibility index (Phi) is 6.30. The van der Waals surface area contributed by atoms with Crippen LogP contribution in [0.15, 0.2) is 45.7 Å². The summed E-state index contributed by atoms with van der Waals surface area (Å²) in [6.07, 6.45) is -1.92. The molecule has 6 nitrogen and oxygen atoms in total. The van der Waals surface area contributed by atoms with E-state index in [1.54, 1.807) is 19.1 Å². The van der Waals surface area contributed by atoms with Gasteiger partial charge in [-0.2, -0.15) is 17.5 Å². The number of amides is 1. The van der Waals surface area contributed by atoms with Crippen LogP contribution in [0.1, 0.15) is 17.1 Å². The van der Waals surface area contributed by atoms with Gasteiger partial charge < -0.3 is 9.32 Å². The molecule has 162 valence electrons. The number of benzene rings is 1. The minimum atomic E-state index is -4.77. The van der Waals surface area contributed by atoms with Crippen LogP contribution in [0.2, 0.25) is 5.02 Å². The highest BCUT2D eigenvalue weighted by atomic mass is 35.5. The highest BCUT2D eigenvalue weighted by Gasteiger charge is 2.36. The molecule has 0 atom stereocenters. The molecule has 30 heavy (non-hydrogen) atoms. The molecule has 0 saturated carbocycles. The molecule has 2 aromatic rings. The molecule has 1 aliphatic rings. The monoisotopic (exact) mass is 462 g/mol. The van der Waals surface area contributed by atoms with Crippen molar-refractivity contribution in [1.82, 2.24) is 9.21 Å². The quantitative estimate of drug-likeness (QED) is 0.648. The Labute approximate surface area is 176 Å². The lowest BCUT2D eigenvalue weighted by Crippen LogP contribution is -2.50. The molecule has 3 rings (SSSR count). The van der Waals surface area contributed by atoms with E-state index in [4.69, 9.17) is 16.0 Å². The van der Waals surface area contributed by atoms with Crippen molar-refractivity contribution in [2.75, 3.05) is 26.2 Å². The fourth-order valence-electron chi connectivity index (χ4n) is 2.98. The van der Waals surface area contributed by atoms with Gasteiger partial charge in [0.15, 0.2) is 0 Å². The minimum Gasteiger partial charge on any atom is -0.462 e. The number of nitrogens with zero attached hydrogens (tertiary/aromatic N) is 2. The number of halogens is 4. The highest BCUT2D eigenvalue weighted by Crippen LogP contribution is 2.36. The number of carbonyl (C=O) groups is 1. The molecule has 2 heterocycles. The average Bonchev–Trinajstić information content (AvgIpc) is 3.10. The maximum absolute atomic E-state index is 13.0. The predicted molar refractivity (Wildman–Crippen MR) is 104 cm³/mol. The van der Waals surface area contributed by atoms with Crippen LogP contribution in [0.4, 0.5) is 13.2 Å². The second kappa shape index (κ2) is 8.44. The van der Waals surface area contributed by atoms with Crippen molar-refractivity contribution in [2.24, 2.45) is 0 Å². The standard InChI is InChI=1S/C19H18ClF3N2O4S/c1-13-2-3-14(29-13)4-7-18(26)24-8-10-25(11-9-24)30(27,28)15-5-6-17(20)16(12-15)19(21,22)23/h2-7,12H,8-11H2,1H3/b7-4+. The average molecular weight is 463 g/mol. The summed E-state index contributed by atoms with van der Waals surface area (Å²) in [5, 5.41) is -0.574. The number of sulfonamides is 1. The van der Waals surface area contributed by atoms with Crippen molar-refractivity contribution >= 4 is 33.6 Å². The molecule has 1 amide bonds. The van der Waals surface area contributed by atoms with Gasteiger partial charge in [-0.3, -0.25) is 4.79 Å². The van der Waals surface area contributed by atoms with E-state index in [0.29, 0.717) is 17.6 Å². The van der Waals surface area contributed by atoms with Gasteiger partial charge in [0.2, 0.25) is 15.9 Å². The minimum absolute atomic E-state index is 0.0360. The van der Waals surface area contributed by atoms with Gasteiger partial charge in [0.25, 0.3) is 0 Å². The molecule has 0 radical (unpaired) electrons.